The van der Waals surface area contributed by atoms with Gasteiger partial charge in [-0.05, 0) is 74.8 Å². The topological polar surface area (TPSA) is 75.7 Å². The predicted molar refractivity (Wildman–Crippen MR) is 126 cm³/mol. The number of rotatable bonds is 8. The lowest BCUT2D eigenvalue weighted by Gasteiger charge is -2.36. The molecule has 0 bridgehead atoms. The maximum Gasteiger partial charge on any atom is 0.303 e. The summed E-state index contributed by atoms with van der Waals surface area (Å²) in [5.41, 5.74) is 2.64. The molecule has 8 heteroatoms. The summed E-state index contributed by atoms with van der Waals surface area (Å²) < 4.78 is 19.6. The van der Waals surface area contributed by atoms with E-state index in [1.165, 1.54) is 51.6 Å². The molecular weight excluding hydrogens is 423 g/mol. The van der Waals surface area contributed by atoms with E-state index in [0.717, 1.165) is 43.6 Å². The number of ether oxygens (including phenoxy) is 1. The molecule has 2 N–H and O–H groups in total. The number of anilines is 1. The predicted octanol–water partition coefficient (Wildman–Crippen LogP) is 4.42. The van der Waals surface area contributed by atoms with Crippen molar-refractivity contribution >= 4 is 17.8 Å². The van der Waals surface area contributed by atoms with E-state index in [4.69, 9.17) is 9.57 Å². The van der Waals surface area contributed by atoms with Crippen molar-refractivity contribution < 1.29 is 18.8 Å². The Labute approximate surface area is 196 Å². The number of aromatic nitrogens is 1. The molecule has 1 aromatic rings. The molecule has 1 saturated carbocycles. The zero-order valence-corrected chi connectivity index (χ0v) is 19.4. The Hall–Kier alpha value is -2.03. The second-order valence-electron chi connectivity index (χ2n) is 9.56. The molecule has 4 rings (SSSR count). The van der Waals surface area contributed by atoms with Crippen LogP contribution in [0.4, 0.5) is 10.2 Å². The van der Waals surface area contributed by atoms with Crippen LogP contribution in [0.3, 0.4) is 0 Å². The number of nitrogens with one attached hydrogen (secondary N) is 2. The Morgan fingerprint density at radius 2 is 2.00 bits per heavy atom. The summed E-state index contributed by atoms with van der Waals surface area (Å²) in [4.78, 5) is 24.1. The largest absolute Gasteiger partial charge is 0.366 e. The summed E-state index contributed by atoms with van der Waals surface area (Å²) in [7, 11) is 0. The van der Waals surface area contributed by atoms with Crippen LogP contribution in [0.2, 0.25) is 0 Å². The van der Waals surface area contributed by atoms with Gasteiger partial charge in [-0.2, -0.15) is 0 Å². The van der Waals surface area contributed by atoms with Crippen molar-refractivity contribution in [1.29, 1.82) is 0 Å². The number of likely N-dealkylation sites (tertiary alicyclic amines) is 1. The highest BCUT2D eigenvalue weighted by Crippen LogP contribution is 2.26. The average Bonchev–Trinajstić information content (AvgIpc) is 2.85. The fourth-order valence-electron chi connectivity index (χ4n) is 5.04. The fraction of sp³-hybridized carbons (Fsp3) is 0.680. The number of hydroxylamine groups is 1. The molecule has 3 heterocycles. The van der Waals surface area contributed by atoms with Gasteiger partial charge in [-0.1, -0.05) is 19.3 Å². The highest BCUT2D eigenvalue weighted by atomic mass is 19.1. The van der Waals surface area contributed by atoms with Crippen molar-refractivity contribution in [2.75, 3.05) is 31.6 Å². The molecule has 182 valence electrons. The third-order valence-electron chi connectivity index (χ3n) is 6.82. The van der Waals surface area contributed by atoms with Crippen LogP contribution in [0.15, 0.2) is 24.2 Å². The summed E-state index contributed by atoms with van der Waals surface area (Å²) in [5, 5.41) is 3.53. The molecule has 0 aromatic carbocycles. The molecule has 7 nitrogen and oxygen atoms in total. The number of carbonyl (C=O) groups excluding carboxylic acids is 1. The molecule has 1 aliphatic carbocycles. The van der Waals surface area contributed by atoms with Gasteiger partial charge in [0.2, 0.25) is 0 Å². The van der Waals surface area contributed by atoms with E-state index in [2.05, 4.69) is 20.7 Å². The van der Waals surface area contributed by atoms with Crippen molar-refractivity contribution in [2.45, 2.75) is 76.5 Å². The molecule has 3 aliphatic rings. The molecular formula is C25H37FN4O3. The highest BCUT2D eigenvalue weighted by Gasteiger charge is 2.23. The van der Waals surface area contributed by atoms with E-state index in [0.29, 0.717) is 24.6 Å². The second kappa shape index (κ2) is 12.4. The summed E-state index contributed by atoms with van der Waals surface area (Å²) in [5.74, 6) is -0.223. The molecule has 0 radical (unpaired) electrons. The SMILES string of the molecule is O=C(NOC1CCCCO1)/C(F)=C/c1ccc(N[C@@H]2CCCN(CC3CCCCC3)C2)nc1. The van der Waals surface area contributed by atoms with Crippen LogP contribution in [0.1, 0.15) is 69.8 Å². The van der Waals surface area contributed by atoms with Crippen LogP contribution in [0.5, 0.6) is 0 Å². The Morgan fingerprint density at radius 1 is 1.15 bits per heavy atom. The van der Waals surface area contributed by atoms with Gasteiger partial charge in [0.25, 0.3) is 0 Å². The van der Waals surface area contributed by atoms with Gasteiger partial charge < -0.3 is 15.0 Å². The normalized spacial score (nSPS) is 25.5. The van der Waals surface area contributed by atoms with Gasteiger partial charge in [0.1, 0.15) is 5.82 Å². The molecule has 2 aliphatic heterocycles. The van der Waals surface area contributed by atoms with Crippen LogP contribution >= 0.6 is 0 Å². The van der Waals surface area contributed by atoms with E-state index < -0.39 is 18.0 Å². The van der Waals surface area contributed by atoms with Gasteiger partial charge in [-0.25, -0.2) is 19.7 Å². The first-order valence-corrected chi connectivity index (χ1v) is 12.6. The number of nitrogens with zero attached hydrogens (tertiary/aromatic N) is 2. The van der Waals surface area contributed by atoms with Crippen LogP contribution in [0.25, 0.3) is 6.08 Å². The minimum Gasteiger partial charge on any atom is -0.366 e. The van der Waals surface area contributed by atoms with Gasteiger partial charge in [0, 0.05) is 38.4 Å². The number of piperidine rings is 1. The maximum atomic E-state index is 14.2. The zero-order chi connectivity index (χ0) is 22.9. The molecule has 2 atom stereocenters. The Bertz CT molecular complexity index is 776. The van der Waals surface area contributed by atoms with Crippen LogP contribution < -0.4 is 10.8 Å². The molecule has 1 unspecified atom stereocenters. The van der Waals surface area contributed by atoms with Crippen LogP contribution in [-0.4, -0.2) is 54.4 Å². The molecule has 1 aromatic heterocycles. The molecule has 33 heavy (non-hydrogen) atoms. The van der Waals surface area contributed by atoms with Gasteiger partial charge >= 0.3 is 5.91 Å². The standard InChI is InChI=1S/C25H37FN4O3/c26-22(25(31)29-33-24-10-4-5-14-32-24)15-20-11-12-23(27-16-20)28-21-9-6-13-30(18-21)17-19-7-2-1-3-8-19/h11-12,15-16,19,21,24H,1-10,13-14,17-18H2,(H,27,28)(H,29,31)/b22-15-/t21-,24?/m1/s1. The number of amides is 1. The maximum absolute atomic E-state index is 14.2. The van der Waals surface area contributed by atoms with Crippen LogP contribution in [-0.2, 0) is 14.4 Å². The number of carbonyl (C=O) groups is 1. The first-order chi connectivity index (χ1) is 16.2. The van der Waals surface area contributed by atoms with Crippen molar-refractivity contribution in [1.82, 2.24) is 15.4 Å². The monoisotopic (exact) mass is 460 g/mol. The lowest BCUT2D eigenvalue weighted by Crippen LogP contribution is -2.44. The second-order valence-corrected chi connectivity index (χ2v) is 9.56. The lowest BCUT2D eigenvalue weighted by molar-refractivity contribution is -0.199. The quantitative estimate of drug-likeness (QED) is 0.442. The van der Waals surface area contributed by atoms with Crippen LogP contribution in [0, 0.1) is 5.92 Å². The van der Waals surface area contributed by atoms with E-state index in [-0.39, 0.29) is 0 Å². The Morgan fingerprint density at radius 3 is 2.76 bits per heavy atom. The molecule has 3 fully saturated rings. The zero-order valence-electron chi connectivity index (χ0n) is 19.4. The van der Waals surface area contributed by atoms with E-state index in [1.54, 1.807) is 12.3 Å². The summed E-state index contributed by atoms with van der Waals surface area (Å²) >= 11 is 0. The summed E-state index contributed by atoms with van der Waals surface area (Å²) in [6.07, 6.45) is 14.1. The van der Waals surface area contributed by atoms with Gasteiger partial charge in [0.15, 0.2) is 12.1 Å². The summed E-state index contributed by atoms with van der Waals surface area (Å²) in [6, 6.07) is 3.97. The average molecular weight is 461 g/mol. The van der Waals surface area contributed by atoms with Crippen molar-refractivity contribution in [2.24, 2.45) is 5.92 Å². The molecule has 1 amide bonds. The first-order valence-electron chi connectivity index (χ1n) is 12.6. The number of hydrogen-bond acceptors (Lipinski definition) is 6. The number of halogens is 1. The minimum absolute atomic E-state index is 0.373. The summed E-state index contributed by atoms with van der Waals surface area (Å²) in [6.45, 7) is 4.03. The van der Waals surface area contributed by atoms with E-state index in [9.17, 15) is 9.18 Å². The first kappa shape index (κ1) is 24.1. The third kappa shape index (κ3) is 7.76. The Kier molecular flexibility index (Phi) is 9.09. The minimum atomic E-state index is -0.932. The highest BCUT2D eigenvalue weighted by molar-refractivity contribution is 5.94. The number of hydrogen-bond donors (Lipinski definition) is 2. The van der Waals surface area contributed by atoms with Gasteiger partial charge in [-0.15, -0.1) is 0 Å². The van der Waals surface area contributed by atoms with Gasteiger partial charge in [-0.3, -0.25) is 4.79 Å². The number of pyridine rings is 1. The molecule has 0 spiro atoms. The smallest absolute Gasteiger partial charge is 0.303 e. The van der Waals surface area contributed by atoms with E-state index >= 15 is 0 Å². The van der Waals surface area contributed by atoms with Crippen molar-refractivity contribution in [3.63, 3.8) is 0 Å². The van der Waals surface area contributed by atoms with Crippen molar-refractivity contribution in [3.05, 3.63) is 29.7 Å². The van der Waals surface area contributed by atoms with Gasteiger partial charge in [0.05, 0.1) is 0 Å². The van der Waals surface area contributed by atoms with E-state index in [1.807, 2.05) is 6.07 Å². The third-order valence-corrected chi connectivity index (χ3v) is 6.82. The van der Waals surface area contributed by atoms with Crippen molar-refractivity contribution in [3.8, 4) is 0 Å². The Balaban J connectivity index is 1.23. The fourth-order valence-corrected chi connectivity index (χ4v) is 5.04. The molecule has 2 saturated heterocycles. The lowest BCUT2D eigenvalue weighted by atomic mass is 9.88.